The summed E-state index contributed by atoms with van der Waals surface area (Å²) in [6.45, 7) is 4.07. The van der Waals surface area contributed by atoms with Crippen LogP contribution in [0, 0.1) is 0 Å². The fourth-order valence-electron chi connectivity index (χ4n) is 1.47. The van der Waals surface area contributed by atoms with Crippen LogP contribution in [-0.2, 0) is 16.0 Å². The highest BCUT2D eigenvalue weighted by Crippen LogP contribution is 2.15. The first-order valence-electron chi connectivity index (χ1n) is 5.49. The molecule has 7 nitrogen and oxygen atoms in total. The molecule has 17 heavy (non-hydrogen) atoms. The second kappa shape index (κ2) is 7.21. The third kappa shape index (κ3) is 3.95. The zero-order valence-corrected chi connectivity index (χ0v) is 10.5. The monoisotopic (exact) mass is 244 g/mol. The Bertz CT molecular complexity index is 318. The van der Waals surface area contributed by atoms with Gasteiger partial charge in [-0.25, -0.2) is 0 Å². The maximum Gasteiger partial charge on any atom is 0.318 e. The van der Waals surface area contributed by atoms with Crippen LogP contribution in [0.5, 0.6) is 0 Å². The second-order valence-electron chi connectivity index (χ2n) is 3.67. The van der Waals surface area contributed by atoms with Crippen molar-refractivity contribution in [3.8, 4) is 0 Å². The van der Waals surface area contributed by atoms with E-state index in [0.717, 1.165) is 0 Å². The third-order valence-corrected chi connectivity index (χ3v) is 2.35. The van der Waals surface area contributed by atoms with Gasteiger partial charge in [0.1, 0.15) is 0 Å². The molecule has 0 spiro atoms. The molecule has 98 valence electrons. The topological polar surface area (TPSA) is 86.6 Å². The van der Waals surface area contributed by atoms with Crippen molar-refractivity contribution >= 4 is 6.01 Å². The standard InChI is InChI=1S/C10H20N4O3/c1-8(7-16-3)14(4-5-15-2)10-13-12-9(6-11)17-10/h8H,4-7,11H2,1-3H3. The predicted molar refractivity (Wildman–Crippen MR) is 62.7 cm³/mol. The Hall–Kier alpha value is -1.18. The van der Waals surface area contributed by atoms with E-state index in [1.54, 1.807) is 14.2 Å². The molecule has 0 aliphatic carbocycles. The normalized spacial score (nSPS) is 12.7. The quantitative estimate of drug-likeness (QED) is 0.689. The minimum absolute atomic E-state index is 0.126. The summed E-state index contributed by atoms with van der Waals surface area (Å²) in [7, 11) is 3.31. The molecule has 0 radical (unpaired) electrons. The summed E-state index contributed by atoms with van der Waals surface area (Å²) in [5.41, 5.74) is 5.43. The summed E-state index contributed by atoms with van der Waals surface area (Å²) in [6, 6.07) is 0.577. The first-order chi connectivity index (χ1) is 8.22. The van der Waals surface area contributed by atoms with Crippen molar-refractivity contribution in [2.45, 2.75) is 19.5 Å². The predicted octanol–water partition coefficient (Wildman–Crippen LogP) is 0.0160. The van der Waals surface area contributed by atoms with Crippen molar-refractivity contribution in [2.24, 2.45) is 5.73 Å². The maximum atomic E-state index is 5.43. The smallest absolute Gasteiger partial charge is 0.318 e. The third-order valence-electron chi connectivity index (χ3n) is 2.35. The van der Waals surface area contributed by atoms with Crippen LogP contribution >= 0.6 is 0 Å². The highest BCUT2D eigenvalue weighted by atomic mass is 16.5. The fourth-order valence-corrected chi connectivity index (χ4v) is 1.47. The van der Waals surface area contributed by atoms with Gasteiger partial charge >= 0.3 is 6.01 Å². The summed E-state index contributed by atoms with van der Waals surface area (Å²) in [5.74, 6) is 0.423. The van der Waals surface area contributed by atoms with Gasteiger partial charge in [0.15, 0.2) is 0 Å². The number of methoxy groups -OCH3 is 2. The molecule has 0 aliphatic rings. The molecule has 1 aromatic heterocycles. The minimum atomic E-state index is 0.126. The van der Waals surface area contributed by atoms with Gasteiger partial charge in [0.2, 0.25) is 5.89 Å². The lowest BCUT2D eigenvalue weighted by molar-refractivity contribution is 0.168. The van der Waals surface area contributed by atoms with Gasteiger partial charge < -0.3 is 24.5 Å². The average molecular weight is 244 g/mol. The fraction of sp³-hybridized carbons (Fsp3) is 0.800. The van der Waals surface area contributed by atoms with E-state index in [1.807, 2.05) is 11.8 Å². The van der Waals surface area contributed by atoms with Crippen molar-refractivity contribution in [3.63, 3.8) is 0 Å². The Morgan fingerprint density at radius 3 is 2.65 bits per heavy atom. The molecule has 1 heterocycles. The molecule has 1 unspecified atom stereocenters. The molecule has 1 rings (SSSR count). The molecule has 0 saturated carbocycles. The van der Waals surface area contributed by atoms with Crippen LogP contribution in [0.3, 0.4) is 0 Å². The number of hydrogen-bond donors (Lipinski definition) is 1. The Morgan fingerprint density at radius 1 is 1.35 bits per heavy atom. The van der Waals surface area contributed by atoms with E-state index in [-0.39, 0.29) is 12.6 Å². The van der Waals surface area contributed by atoms with E-state index >= 15 is 0 Å². The zero-order chi connectivity index (χ0) is 12.7. The van der Waals surface area contributed by atoms with Crippen molar-refractivity contribution < 1.29 is 13.9 Å². The summed E-state index contributed by atoms with van der Waals surface area (Å²) >= 11 is 0. The van der Waals surface area contributed by atoms with Crippen LogP contribution in [0.15, 0.2) is 4.42 Å². The van der Waals surface area contributed by atoms with Crippen LogP contribution < -0.4 is 10.6 Å². The Balaban J connectivity index is 2.73. The van der Waals surface area contributed by atoms with E-state index in [9.17, 15) is 0 Å². The van der Waals surface area contributed by atoms with Crippen molar-refractivity contribution in [3.05, 3.63) is 5.89 Å². The Morgan fingerprint density at radius 2 is 2.12 bits per heavy atom. The Kier molecular flexibility index (Phi) is 5.88. The molecule has 0 aliphatic heterocycles. The molecule has 0 amide bonds. The number of rotatable bonds is 8. The number of nitrogens with two attached hydrogens (primary N) is 1. The SMILES string of the molecule is COCCN(c1nnc(CN)o1)C(C)COC. The highest BCUT2D eigenvalue weighted by Gasteiger charge is 2.19. The van der Waals surface area contributed by atoms with Gasteiger partial charge in [-0.1, -0.05) is 5.10 Å². The minimum Gasteiger partial charge on any atom is -0.407 e. The van der Waals surface area contributed by atoms with Crippen LogP contribution in [0.1, 0.15) is 12.8 Å². The molecular weight excluding hydrogens is 224 g/mol. The van der Waals surface area contributed by atoms with Gasteiger partial charge in [-0.15, -0.1) is 5.10 Å². The van der Waals surface area contributed by atoms with Gasteiger partial charge in [0.05, 0.1) is 25.8 Å². The number of anilines is 1. The van der Waals surface area contributed by atoms with Crippen LogP contribution in [0.25, 0.3) is 0 Å². The molecular formula is C10H20N4O3. The molecule has 2 N–H and O–H groups in total. The summed E-state index contributed by atoms with van der Waals surface area (Å²) in [5, 5.41) is 7.80. The number of ether oxygens (including phenoxy) is 2. The molecule has 0 bridgehead atoms. The van der Waals surface area contributed by atoms with Gasteiger partial charge in [-0.3, -0.25) is 0 Å². The molecule has 1 aromatic rings. The average Bonchev–Trinajstić information content (AvgIpc) is 2.78. The lowest BCUT2D eigenvalue weighted by atomic mass is 10.3. The zero-order valence-electron chi connectivity index (χ0n) is 10.5. The van der Waals surface area contributed by atoms with Gasteiger partial charge in [0.25, 0.3) is 0 Å². The highest BCUT2D eigenvalue weighted by molar-refractivity contribution is 5.26. The van der Waals surface area contributed by atoms with E-state index in [2.05, 4.69) is 10.2 Å². The first-order valence-corrected chi connectivity index (χ1v) is 5.49. The number of nitrogens with zero attached hydrogens (tertiary/aromatic N) is 3. The van der Waals surface area contributed by atoms with Crippen molar-refractivity contribution in [1.82, 2.24) is 10.2 Å². The van der Waals surface area contributed by atoms with Crippen LogP contribution in [0.4, 0.5) is 6.01 Å². The molecule has 0 aromatic carbocycles. The summed E-state index contributed by atoms with van der Waals surface area (Å²) in [4.78, 5) is 1.94. The Labute approximate surface area is 101 Å². The van der Waals surface area contributed by atoms with Gasteiger partial charge in [-0.2, -0.15) is 0 Å². The number of aromatic nitrogens is 2. The van der Waals surface area contributed by atoms with Crippen molar-refractivity contribution in [2.75, 3.05) is 38.9 Å². The second-order valence-corrected chi connectivity index (χ2v) is 3.67. The van der Waals surface area contributed by atoms with Crippen molar-refractivity contribution in [1.29, 1.82) is 0 Å². The first kappa shape index (κ1) is 13.9. The van der Waals surface area contributed by atoms with E-state index in [4.69, 9.17) is 19.6 Å². The van der Waals surface area contributed by atoms with Crippen LogP contribution in [-0.4, -0.2) is 50.2 Å². The molecule has 0 fully saturated rings. The van der Waals surface area contributed by atoms with E-state index in [1.165, 1.54) is 0 Å². The van der Waals surface area contributed by atoms with Gasteiger partial charge in [-0.05, 0) is 6.92 Å². The lowest BCUT2D eigenvalue weighted by Gasteiger charge is -2.26. The number of hydrogen-bond acceptors (Lipinski definition) is 7. The van der Waals surface area contributed by atoms with Crippen LogP contribution in [0.2, 0.25) is 0 Å². The molecule has 1 atom stereocenters. The van der Waals surface area contributed by atoms with E-state index < -0.39 is 0 Å². The maximum absolute atomic E-state index is 5.43. The molecule has 7 heteroatoms. The van der Waals surface area contributed by atoms with Gasteiger partial charge in [0, 0.05) is 20.8 Å². The lowest BCUT2D eigenvalue weighted by Crippen LogP contribution is -2.38. The largest absolute Gasteiger partial charge is 0.407 e. The molecule has 0 saturated heterocycles. The summed E-state index contributed by atoms with van der Waals surface area (Å²) in [6.07, 6.45) is 0. The summed E-state index contributed by atoms with van der Waals surface area (Å²) < 4.78 is 15.6. The van der Waals surface area contributed by atoms with E-state index in [0.29, 0.717) is 31.7 Å².